The molecule has 0 saturated carbocycles. The SMILES string of the molecule is C#[N+]CCOCC[N+]#C. The maximum Gasteiger partial charge on any atom is 0.286 e. The summed E-state index contributed by atoms with van der Waals surface area (Å²) in [6.45, 7) is 11.8. The predicted octanol–water partition coefficient (Wildman–Crippen LogP) is 0.928. The molecule has 0 aromatic rings. The van der Waals surface area contributed by atoms with Crippen molar-refractivity contribution in [1.82, 2.24) is 0 Å². The van der Waals surface area contributed by atoms with Crippen LogP contribution in [0.1, 0.15) is 0 Å². The van der Waals surface area contributed by atoms with Crippen molar-refractivity contribution in [2.24, 2.45) is 0 Å². The molecule has 0 radical (unpaired) electrons. The molecule has 0 heterocycles. The van der Waals surface area contributed by atoms with Gasteiger partial charge in [0.1, 0.15) is 13.2 Å². The zero-order valence-electron chi connectivity index (χ0n) is 5.29. The van der Waals surface area contributed by atoms with Crippen LogP contribution in [0.3, 0.4) is 0 Å². The van der Waals surface area contributed by atoms with Gasteiger partial charge in [-0.2, -0.15) is 0 Å². The largest absolute Gasteiger partial charge is 0.366 e. The Labute approximate surface area is 54.9 Å². The van der Waals surface area contributed by atoms with Crippen LogP contribution in [0.15, 0.2) is 0 Å². The van der Waals surface area contributed by atoms with Gasteiger partial charge in [0.2, 0.25) is 0 Å². The maximum atomic E-state index is 4.97. The maximum absolute atomic E-state index is 4.97. The van der Waals surface area contributed by atoms with Crippen LogP contribution >= 0.6 is 0 Å². The van der Waals surface area contributed by atoms with Gasteiger partial charge >= 0.3 is 0 Å². The minimum Gasteiger partial charge on any atom is -0.366 e. The smallest absolute Gasteiger partial charge is 0.286 e. The Kier molecular flexibility index (Phi) is 6.12. The molecule has 3 heteroatoms. The van der Waals surface area contributed by atoms with Gasteiger partial charge in [0.25, 0.3) is 26.2 Å². The predicted molar refractivity (Wildman–Crippen MR) is 37.2 cm³/mol. The highest BCUT2D eigenvalue weighted by Crippen LogP contribution is 1.76. The van der Waals surface area contributed by atoms with Crippen molar-refractivity contribution in [3.8, 4) is 13.1 Å². The number of hydrogen-bond acceptors (Lipinski definition) is 1. The van der Waals surface area contributed by atoms with Crippen molar-refractivity contribution in [1.29, 1.82) is 0 Å². The molecule has 48 valence electrons. The second-order valence-electron chi connectivity index (χ2n) is 1.42. The third-order valence-corrected chi connectivity index (χ3v) is 0.729. The molecule has 0 aliphatic carbocycles. The Hall–Kier alpha value is -1.06. The standard InChI is InChI=1S/C6H10N2O/c1-7-3-5-9-6-4-8-2/h1-2H,3-6H2/q+2. The van der Waals surface area contributed by atoms with Gasteiger partial charge in [0.15, 0.2) is 0 Å². The lowest BCUT2D eigenvalue weighted by Gasteiger charge is -1.86. The minimum atomic E-state index is 0.532. The van der Waals surface area contributed by atoms with E-state index < -0.39 is 0 Å². The van der Waals surface area contributed by atoms with E-state index in [-0.39, 0.29) is 0 Å². The summed E-state index contributed by atoms with van der Waals surface area (Å²) in [6.07, 6.45) is 0. The lowest BCUT2D eigenvalue weighted by atomic mass is 10.7. The van der Waals surface area contributed by atoms with Gasteiger partial charge in [0, 0.05) is 0 Å². The van der Waals surface area contributed by atoms with Crippen molar-refractivity contribution < 1.29 is 4.74 Å². The molecule has 0 unspecified atom stereocenters. The topological polar surface area (TPSA) is 17.9 Å². The molecule has 0 spiro atoms. The summed E-state index contributed by atoms with van der Waals surface area (Å²) < 4.78 is 4.97. The first-order valence-electron chi connectivity index (χ1n) is 2.73. The van der Waals surface area contributed by atoms with E-state index in [2.05, 4.69) is 9.69 Å². The molecule has 0 N–H and O–H groups in total. The molecule has 0 atom stereocenters. The van der Waals surface area contributed by atoms with Crippen LogP contribution in [0, 0.1) is 13.1 Å². The summed E-state index contributed by atoms with van der Waals surface area (Å²) >= 11 is 0. The fourth-order valence-corrected chi connectivity index (χ4v) is 0.337. The minimum absolute atomic E-state index is 0.532. The van der Waals surface area contributed by atoms with Crippen molar-refractivity contribution in [3.63, 3.8) is 0 Å². The average molecular weight is 126 g/mol. The fraction of sp³-hybridized carbons (Fsp3) is 0.667. The van der Waals surface area contributed by atoms with Crippen molar-refractivity contribution in [2.45, 2.75) is 0 Å². The van der Waals surface area contributed by atoms with Crippen LogP contribution in [0.4, 0.5) is 0 Å². The lowest BCUT2D eigenvalue weighted by Crippen LogP contribution is -2.00. The van der Waals surface area contributed by atoms with Crippen LogP contribution in [0.5, 0.6) is 0 Å². The number of rotatable bonds is 4. The third kappa shape index (κ3) is 6.94. The first-order valence-corrected chi connectivity index (χ1v) is 2.73. The lowest BCUT2D eigenvalue weighted by molar-refractivity contribution is 0.158. The summed E-state index contributed by atoms with van der Waals surface area (Å²) in [5.41, 5.74) is 0. The van der Waals surface area contributed by atoms with E-state index >= 15 is 0 Å². The van der Waals surface area contributed by atoms with Crippen molar-refractivity contribution in [3.05, 3.63) is 9.69 Å². The molecule has 9 heavy (non-hydrogen) atoms. The zero-order chi connectivity index (χ0) is 6.95. The summed E-state index contributed by atoms with van der Waals surface area (Å²) in [5, 5.41) is 0. The summed E-state index contributed by atoms with van der Waals surface area (Å²) in [4.78, 5) is 6.69. The molecule has 0 saturated heterocycles. The second kappa shape index (κ2) is 6.94. The Morgan fingerprint density at radius 2 is 1.44 bits per heavy atom. The van der Waals surface area contributed by atoms with Gasteiger partial charge in [-0.1, -0.05) is 9.69 Å². The molecule has 0 aliphatic rings. The number of nitrogens with zero attached hydrogens (tertiary/aromatic N) is 2. The zero-order valence-corrected chi connectivity index (χ0v) is 5.29. The Morgan fingerprint density at radius 3 is 1.78 bits per heavy atom. The van der Waals surface area contributed by atoms with Gasteiger partial charge < -0.3 is 4.74 Å². The highest BCUT2D eigenvalue weighted by atomic mass is 16.5. The van der Waals surface area contributed by atoms with E-state index in [1.165, 1.54) is 0 Å². The van der Waals surface area contributed by atoms with E-state index in [1.54, 1.807) is 0 Å². The highest BCUT2D eigenvalue weighted by Gasteiger charge is 1.93. The molecule has 0 aliphatic heterocycles. The van der Waals surface area contributed by atoms with Gasteiger partial charge in [0.05, 0.1) is 0 Å². The van der Waals surface area contributed by atoms with Gasteiger partial charge in [-0.15, -0.1) is 0 Å². The Morgan fingerprint density at radius 1 is 1.00 bits per heavy atom. The molecule has 3 nitrogen and oxygen atoms in total. The molecule has 0 fully saturated rings. The first kappa shape index (κ1) is 7.94. The van der Waals surface area contributed by atoms with Crippen LogP contribution < -0.4 is 0 Å². The first-order chi connectivity index (χ1) is 4.41. The van der Waals surface area contributed by atoms with Gasteiger partial charge in [-0.3, -0.25) is 0 Å². The molecular weight excluding hydrogens is 116 g/mol. The average Bonchev–Trinajstić information content (AvgIpc) is 1.89. The molecule has 0 rings (SSSR count). The second-order valence-corrected chi connectivity index (χ2v) is 1.42. The number of ether oxygens (including phenoxy) is 1. The quantitative estimate of drug-likeness (QED) is 0.512. The van der Waals surface area contributed by atoms with Crippen LogP contribution in [-0.2, 0) is 4.74 Å². The highest BCUT2D eigenvalue weighted by molar-refractivity contribution is 4.66. The molecule has 0 aromatic carbocycles. The summed E-state index contributed by atoms with van der Waals surface area (Å²) in [5.74, 6) is 0. The van der Waals surface area contributed by atoms with E-state index in [1.807, 2.05) is 0 Å². The summed E-state index contributed by atoms with van der Waals surface area (Å²) in [7, 11) is 0. The van der Waals surface area contributed by atoms with E-state index in [0.29, 0.717) is 26.3 Å². The van der Waals surface area contributed by atoms with Crippen molar-refractivity contribution in [2.75, 3.05) is 26.3 Å². The van der Waals surface area contributed by atoms with E-state index in [4.69, 9.17) is 17.9 Å². The monoisotopic (exact) mass is 126 g/mol. The summed E-state index contributed by atoms with van der Waals surface area (Å²) in [6, 6.07) is 0. The molecule has 0 aromatic heterocycles. The van der Waals surface area contributed by atoms with Crippen LogP contribution in [0.2, 0.25) is 0 Å². The normalized spacial score (nSPS) is 7.78. The van der Waals surface area contributed by atoms with E-state index in [9.17, 15) is 0 Å². The Bertz CT molecular complexity index is 115. The fourth-order valence-electron chi connectivity index (χ4n) is 0.337. The molecule has 0 bridgehead atoms. The Balaban J connectivity index is 2.79. The van der Waals surface area contributed by atoms with Crippen LogP contribution in [0.25, 0.3) is 9.69 Å². The van der Waals surface area contributed by atoms with Crippen LogP contribution in [-0.4, -0.2) is 26.3 Å². The van der Waals surface area contributed by atoms with Gasteiger partial charge in [-0.25, -0.2) is 0 Å². The van der Waals surface area contributed by atoms with E-state index in [0.717, 1.165) is 0 Å². The third-order valence-electron chi connectivity index (χ3n) is 0.729. The van der Waals surface area contributed by atoms with Crippen molar-refractivity contribution >= 4 is 0 Å². The number of hydrogen-bond donors (Lipinski definition) is 0. The molecule has 0 amide bonds. The van der Waals surface area contributed by atoms with Gasteiger partial charge in [-0.05, 0) is 0 Å². The molecular formula is C6H10N2O+2.